The monoisotopic (exact) mass is 689 g/mol. The van der Waals surface area contributed by atoms with E-state index >= 15 is 4.57 Å². The molecule has 0 unspecified atom stereocenters. The first-order chi connectivity index (χ1) is 22.2. The number of carbonyl (C=O) groups excluding carboxylic acids is 2. The highest BCUT2D eigenvalue weighted by molar-refractivity contribution is 7.99. The van der Waals surface area contributed by atoms with Gasteiger partial charge in [-0.25, -0.2) is 9.65 Å². The van der Waals surface area contributed by atoms with Gasteiger partial charge in [-0.3, -0.25) is 14.6 Å². The number of carbonyl (C=O) groups is 2. The predicted octanol–water partition coefficient (Wildman–Crippen LogP) is 7.19. The maximum Gasteiger partial charge on any atom is 0.440 e. The summed E-state index contributed by atoms with van der Waals surface area (Å²) in [7, 11) is -2.58. The molecule has 0 aliphatic heterocycles. The molecule has 0 bridgehead atoms. The number of rotatable bonds is 12. The summed E-state index contributed by atoms with van der Waals surface area (Å²) in [6.07, 6.45) is 4.93. The number of hydrogen-bond donors (Lipinski definition) is 2. The lowest BCUT2D eigenvalue weighted by molar-refractivity contribution is -0.149. The Morgan fingerprint density at radius 3 is 2.36 bits per heavy atom. The van der Waals surface area contributed by atoms with E-state index in [-0.39, 0.29) is 25.5 Å². The Balaban J connectivity index is 0.00000500. The predicted molar refractivity (Wildman–Crippen MR) is 191 cm³/mol. The largest absolute Gasteiger partial charge is 0.462 e. The molecule has 0 spiro atoms. The van der Waals surface area contributed by atoms with Crippen molar-refractivity contribution in [3.05, 3.63) is 114 Å². The van der Waals surface area contributed by atoms with Crippen LogP contribution in [-0.4, -0.2) is 45.6 Å². The average Bonchev–Trinajstić information content (AvgIpc) is 3.43. The lowest BCUT2D eigenvalue weighted by Gasteiger charge is -2.24. The highest BCUT2D eigenvalue weighted by Crippen LogP contribution is 2.48. The smallest absolute Gasteiger partial charge is 0.440 e. The molecule has 244 valence electrons. The third-order valence-electron chi connectivity index (χ3n) is 6.63. The highest BCUT2D eigenvalue weighted by atomic mass is 32.2. The third kappa shape index (κ3) is 8.72. The Bertz CT molecular complexity index is 1920. The molecule has 2 heterocycles. The second kappa shape index (κ2) is 16.0. The van der Waals surface area contributed by atoms with Gasteiger partial charge in [-0.1, -0.05) is 48.2 Å². The van der Waals surface area contributed by atoms with Crippen LogP contribution in [-0.2, 0) is 14.1 Å². The van der Waals surface area contributed by atoms with Crippen LogP contribution in [0.1, 0.15) is 42.5 Å². The molecule has 5 aromatic rings. The molecule has 5 rings (SSSR count). The van der Waals surface area contributed by atoms with Crippen LogP contribution in [0, 0.1) is 0 Å². The SMILES string of the molecule is CNC(=O)c1ccccc1Sc1ccc2c(/C=C/c3ccccn3)nn([P@@](=O)(N[C@@H](C)C(=O)OC(C)C)Oc3ccccc3)c2c1.S. The molecule has 47 heavy (non-hydrogen) atoms. The molecule has 0 aliphatic carbocycles. The van der Waals surface area contributed by atoms with E-state index in [1.165, 1.54) is 16.2 Å². The summed E-state index contributed by atoms with van der Waals surface area (Å²) in [6.45, 7) is 5.05. The van der Waals surface area contributed by atoms with Crippen molar-refractivity contribution < 1.29 is 23.4 Å². The van der Waals surface area contributed by atoms with Gasteiger partial charge in [0.25, 0.3) is 5.91 Å². The van der Waals surface area contributed by atoms with Crippen molar-refractivity contribution in [3.63, 3.8) is 0 Å². The minimum Gasteiger partial charge on any atom is -0.462 e. The maximum absolute atomic E-state index is 15.0. The molecular formula is C34H36N5O5PS2. The number of para-hydroxylation sites is 1. The molecule has 2 atom stereocenters. The quantitative estimate of drug-likeness (QED) is 0.103. The Kier molecular flexibility index (Phi) is 12.1. The number of ether oxygens (including phenoxy) is 1. The number of aromatic nitrogens is 3. The molecule has 0 fully saturated rings. The second-order valence-electron chi connectivity index (χ2n) is 10.5. The maximum atomic E-state index is 15.0. The summed E-state index contributed by atoms with van der Waals surface area (Å²) in [5.41, 5.74) is 2.24. The summed E-state index contributed by atoms with van der Waals surface area (Å²) in [5.74, 6) is -0.467. The lowest BCUT2D eigenvalue weighted by Crippen LogP contribution is -2.37. The zero-order valence-corrected chi connectivity index (χ0v) is 29.0. The molecule has 13 heteroatoms. The van der Waals surface area contributed by atoms with Crippen molar-refractivity contribution in [2.75, 3.05) is 7.05 Å². The Morgan fingerprint density at radius 2 is 1.66 bits per heavy atom. The summed E-state index contributed by atoms with van der Waals surface area (Å²) in [4.78, 5) is 31.3. The Labute approximate surface area is 285 Å². The number of benzene rings is 3. The standard InChI is InChI=1S/C34H34N5O5PS.H2S/c1-23(2)43-34(41)24(3)38-45(42,44-26-13-6-5-7-14-26)39-31-22-27(46-32-16-9-8-15-29(32)33(40)35-4)18-19-28(31)30(37-39)20-17-25-12-10-11-21-36-25;/h5-24H,1-4H3,(H,35,40)(H,38,42);1H2/b20-17+;/t24-,45+;/m0./s1. The van der Waals surface area contributed by atoms with Gasteiger partial charge in [-0.2, -0.15) is 23.0 Å². The highest BCUT2D eigenvalue weighted by Gasteiger charge is 2.36. The topological polar surface area (TPSA) is 124 Å². The van der Waals surface area contributed by atoms with Gasteiger partial charge in [0.05, 0.1) is 28.6 Å². The molecule has 3 aromatic carbocycles. The number of amides is 1. The van der Waals surface area contributed by atoms with Gasteiger partial charge in [-0.05, 0) is 87.5 Å². The van der Waals surface area contributed by atoms with Crippen LogP contribution in [0.2, 0.25) is 0 Å². The summed E-state index contributed by atoms with van der Waals surface area (Å²) < 4.78 is 27.9. The fraction of sp³-hybridized carbons (Fsp3) is 0.176. The fourth-order valence-electron chi connectivity index (χ4n) is 4.51. The van der Waals surface area contributed by atoms with Gasteiger partial charge >= 0.3 is 13.6 Å². The van der Waals surface area contributed by atoms with E-state index in [4.69, 9.17) is 14.4 Å². The molecule has 0 aliphatic rings. The molecule has 0 saturated carbocycles. The van der Waals surface area contributed by atoms with Crippen LogP contribution >= 0.6 is 32.9 Å². The molecule has 2 aromatic heterocycles. The van der Waals surface area contributed by atoms with Crippen molar-refractivity contribution >= 4 is 67.9 Å². The van der Waals surface area contributed by atoms with Gasteiger partial charge < -0.3 is 14.6 Å². The van der Waals surface area contributed by atoms with Gasteiger partial charge in [0.15, 0.2) is 0 Å². The molecule has 0 radical (unpaired) electrons. The third-order valence-corrected chi connectivity index (χ3v) is 9.67. The first-order valence-electron chi connectivity index (χ1n) is 14.6. The minimum atomic E-state index is -4.17. The number of esters is 1. The molecular weight excluding hydrogens is 654 g/mol. The summed E-state index contributed by atoms with van der Waals surface area (Å²) >= 11 is 1.39. The van der Waals surface area contributed by atoms with E-state index in [0.717, 1.165) is 15.5 Å². The van der Waals surface area contributed by atoms with Crippen molar-refractivity contribution in [2.45, 2.75) is 42.7 Å². The number of fused-ring (bicyclic) bond motifs is 1. The number of nitrogens with zero attached hydrogens (tertiary/aromatic N) is 3. The van der Waals surface area contributed by atoms with Crippen molar-refractivity contribution in [2.24, 2.45) is 0 Å². The van der Waals surface area contributed by atoms with Gasteiger partial charge in [0.2, 0.25) is 0 Å². The van der Waals surface area contributed by atoms with Gasteiger partial charge in [0.1, 0.15) is 11.8 Å². The summed E-state index contributed by atoms with van der Waals surface area (Å²) in [6, 6.07) is 26.2. The minimum absolute atomic E-state index is 0. The fourth-order valence-corrected chi connectivity index (χ4v) is 7.39. The van der Waals surface area contributed by atoms with Crippen molar-refractivity contribution in [3.8, 4) is 5.75 Å². The first kappa shape index (κ1) is 35.5. The van der Waals surface area contributed by atoms with E-state index < -0.39 is 19.7 Å². The average molecular weight is 690 g/mol. The van der Waals surface area contributed by atoms with Crippen LogP contribution < -0.4 is 14.9 Å². The van der Waals surface area contributed by atoms with Crippen molar-refractivity contribution in [1.29, 1.82) is 0 Å². The van der Waals surface area contributed by atoms with Crippen LogP contribution in [0.15, 0.2) is 107 Å². The van der Waals surface area contributed by atoms with Crippen LogP contribution in [0.3, 0.4) is 0 Å². The molecule has 0 saturated heterocycles. The Morgan fingerprint density at radius 1 is 0.936 bits per heavy atom. The zero-order chi connectivity index (χ0) is 32.7. The number of pyridine rings is 1. The molecule has 10 nitrogen and oxygen atoms in total. The number of nitrogens with one attached hydrogen (secondary N) is 2. The van der Waals surface area contributed by atoms with E-state index in [1.54, 1.807) is 76.5 Å². The van der Waals surface area contributed by atoms with E-state index in [1.807, 2.05) is 60.7 Å². The molecule has 2 N–H and O–H groups in total. The Hall–Kier alpha value is -4.35. The van der Waals surface area contributed by atoms with E-state index in [2.05, 4.69) is 15.4 Å². The van der Waals surface area contributed by atoms with Gasteiger partial charge in [-0.15, -0.1) is 0 Å². The van der Waals surface area contributed by atoms with Crippen LogP contribution in [0.4, 0.5) is 0 Å². The second-order valence-corrected chi connectivity index (χ2v) is 13.5. The van der Waals surface area contributed by atoms with Gasteiger partial charge in [0, 0.05) is 28.4 Å². The zero-order valence-electron chi connectivity index (χ0n) is 26.3. The van der Waals surface area contributed by atoms with E-state index in [0.29, 0.717) is 27.9 Å². The normalized spacial score (nSPS) is 13.1. The van der Waals surface area contributed by atoms with Crippen LogP contribution in [0.25, 0.3) is 23.1 Å². The van der Waals surface area contributed by atoms with E-state index in [9.17, 15) is 9.59 Å². The molecule has 1 amide bonds. The number of hydrogen-bond acceptors (Lipinski definition) is 8. The first-order valence-corrected chi connectivity index (χ1v) is 17.0. The summed E-state index contributed by atoms with van der Waals surface area (Å²) in [5, 5.41) is 11.1. The lowest BCUT2D eigenvalue weighted by atomic mass is 10.2. The van der Waals surface area contributed by atoms with Crippen molar-refractivity contribution in [1.82, 2.24) is 24.9 Å². The van der Waals surface area contributed by atoms with Crippen LogP contribution in [0.5, 0.6) is 5.75 Å².